The Labute approximate surface area is 133 Å². The first-order chi connectivity index (χ1) is 10.1. The molecule has 1 fully saturated rings. The van der Waals surface area contributed by atoms with Crippen molar-refractivity contribution >= 4 is 11.6 Å². The molecule has 0 spiro atoms. The van der Waals surface area contributed by atoms with Gasteiger partial charge in [0.25, 0.3) is 0 Å². The van der Waals surface area contributed by atoms with E-state index in [0.717, 1.165) is 30.4 Å². The Morgan fingerprint density at radius 2 is 2.14 bits per heavy atom. The molecule has 1 aromatic carbocycles. The lowest BCUT2D eigenvalue weighted by atomic mass is 10.0. The third-order valence-corrected chi connectivity index (χ3v) is 4.16. The van der Waals surface area contributed by atoms with Gasteiger partial charge in [-0.15, -0.1) is 0 Å². The van der Waals surface area contributed by atoms with Gasteiger partial charge >= 0.3 is 0 Å². The van der Waals surface area contributed by atoms with Crippen LogP contribution in [0.2, 0.25) is 5.02 Å². The lowest BCUT2D eigenvalue weighted by Crippen LogP contribution is -2.36. The van der Waals surface area contributed by atoms with Gasteiger partial charge in [0.05, 0.1) is 18.2 Å². The van der Waals surface area contributed by atoms with E-state index in [1.54, 1.807) is 0 Å². The molecular weight excluding hydrogens is 286 g/mol. The largest absolute Gasteiger partial charge is 0.490 e. The third kappa shape index (κ3) is 5.85. The molecule has 0 N–H and O–H groups in total. The standard InChI is InChI=1S/C17H26ClNO2/c1-14-5-6-17(16(18)12-14)21-11-10-20-9-8-19-7-3-4-15(2)13-19/h5-6,12,15H,3-4,7-11,13H2,1-2H3/t15-/m0/s1. The number of benzene rings is 1. The van der Waals surface area contributed by atoms with Crippen molar-refractivity contribution in [1.82, 2.24) is 4.90 Å². The molecule has 1 atom stereocenters. The van der Waals surface area contributed by atoms with Crippen LogP contribution < -0.4 is 4.74 Å². The van der Waals surface area contributed by atoms with E-state index in [-0.39, 0.29) is 0 Å². The Kier molecular flexibility index (Phi) is 6.81. The van der Waals surface area contributed by atoms with E-state index in [2.05, 4.69) is 11.8 Å². The van der Waals surface area contributed by atoms with E-state index in [9.17, 15) is 0 Å². The molecule has 0 saturated carbocycles. The summed E-state index contributed by atoms with van der Waals surface area (Å²) in [6.07, 6.45) is 2.68. The molecule has 4 heteroatoms. The summed E-state index contributed by atoms with van der Waals surface area (Å²) in [4.78, 5) is 2.49. The highest BCUT2D eigenvalue weighted by Crippen LogP contribution is 2.24. The van der Waals surface area contributed by atoms with Crippen LogP contribution >= 0.6 is 11.6 Å². The van der Waals surface area contributed by atoms with Crippen LogP contribution in [0.15, 0.2) is 18.2 Å². The van der Waals surface area contributed by atoms with Gasteiger partial charge in [0.15, 0.2) is 0 Å². The van der Waals surface area contributed by atoms with Gasteiger partial charge in [-0.25, -0.2) is 0 Å². The zero-order chi connectivity index (χ0) is 15.1. The summed E-state index contributed by atoms with van der Waals surface area (Å²) in [7, 11) is 0. The van der Waals surface area contributed by atoms with Crippen LogP contribution in [0.3, 0.4) is 0 Å². The average Bonchev–Trinajstić information content (AvgIpc) is 2.44. The summed E-state index contributed by atoms with van der Waals surface area (Å²) < 4.78 is 11.3. The Morgan fingerprint density at radius 1 is 1.29 bits per heavy atom. The summed E-state index contributed by atoms with van der Waals surface area (Å²) in [6.45, 7) is 9.70. The molecule has 0 bridgehead atoms. The Bertz CT molecular complexity index is 439. The van der Waals surface area contributed by atoms with Crippen LogP contribution in [0.25, 0.3) is 0 Å². The van der Waals surface area contributed by atoms with Crippen molar-refractivity contribution < 1.29 is 9.47 Å². The normalized spacial score (nSPS) is 19.7. The highest BCUT2D eigenvalue weighted by atomic mass is 35.5. The molecule has 1 aliphatic rings. The van der Waals surface area contributed by atoms with E-state index in [1.165, 1.54) is 25.9 Å². The molecule has 0 amide bonds. The summed E-state index contributed by atoms with van der Waals surface area (Å²) in [5.41, 5.74) is 1.14. The van der Waals surface area contributed by atoms with Gasteiger partial charge in [-0.2, -0.15) is 0 Å². The second kappa shape index (κ2) is 8.62. The van der Waals surface area contributed by atoms with Gasteiger partial charge in [0.1, 0.15) is 12.4 Å². The lowest BCUT2D eigenvalue weighted by molar-refractivity contribution is 0.0689. The second-order valence-corrected chi connectivity index (χ2v) is 6.35. The zero-order valence-electron chi connectivity index (χ0n) is 13.1. The first-order valence-corrected chi connectivity index (χ1v) is 8.22. The van der Waals surface area contributed by atoms with E-state index >= 15 is 0 Å². The predicted octanol–water partition coefficient (Wildman–Crippen LogP) is 3.78. The van der Waals surface area contributed by atoms with Crippen LogP contribution in [0.4, 0.5) is 0 Å². The molecule has 1 saturated heterocycles. The minimum Gasteiger partial charge on any atom is -0.490 e. The quantitative estimate of drug-likeness (QED) is 0.715. The van der Waals surface area contributed by atoms with Crippen LogP contribution in [0.1, 0.15) is 25.3 Å². The first-order valence-electron chi connectivity index (χ1n) is 7.84. The van der Waals surface area contributed by atoms with E-state index in [1.807, 2.05) is 25.1 Å². The maximum atomic E-state index is 6.11. The first kappa shape index (κ1) is 16.6. The van der Waals surface area contributed by atoms with Crippen LogP contribution in [-0.4, -0.2) is 44.4 Å². The lowest BCUT2D eigenvalue weighted by Gasteiger charge is -2.30. The molecule has 0 unspecified atom stereocenters. The summed E-state index contributed by atoms with van der Waals surface area (Å²) >= 11 is 6.11. The van der Waals surface area contributed by atoms with Gasteiger partial charge in [0.2, 0.25) is 0 Å². The molecule has 1 heterocycles. The fraction of sp³-hybridized carbons (Fsp3) is 0.647. The van der Waals surface area contributed by atoms with Crippen molar-refractivity contribution in [3.8, 4) is 5.75 Å². The molecule has 118 valence electrons. The summed E-state index contributed by atoms with van der Waals surface area (Å²) in [5, 5.41) is 0.664. The van der Waals surface area contributed by atoms with Gasteiger partial charge in [-0.05, 0) is 49.9 Å². The fourth-order valence-corrected chi connectivity index (χ4v) is 3.01. The molecule has 2 rings (SSSR count). The number of hydrogen-bond acceptors (Lipinski definition) is 3. The maximum absolute atomic E-state index is 6.11. The highest BCUT2D eigenvalue weighted by Gasteiger charge is 2.15. The third-order valence-electron chi connectivity index (χ3n) is 3.87. The smallest absolute Gasteiger partial charge is 0.138 e. The van der Waals surface area contributed by atoms with E-state index < -0.39 is 0 Å². The van der Waals surface area contributed by atoms with Crippen molar-refractivity contribution in [2.75, 3.05) is 39.5 Å². The monoisotopic (exact) mass is 311 g/mol. The average molecular weight is 312 g/mol. The van der Waals surface area contributed by atoms with Crippen LogP contribution in [0, 0.1) is 12.8 Å². The van der Waals surface area contributed by atoms with Crippen molar-refractivity contribution in [1.29, 1.82) is 0 Å². The van der Waals surface area contributed by atoms with Gasteiger partial charge in [0, 0.05) is 13.1 Å². The van der Waals surface area contributed by atoms with Crippen LogP contribution in [-0.2, 0) is 4.74 Å². The molecule has 21 heavy (non-hydrogen) atoms. The molecule has 0 radical (unpaired) electrons. The Hall–Kier alpha value is -0.770. The molecule has 1 aliphatic heterocycles. The summed E-state index contributed by atoms with van der Waals surface area (Å²) in [6, 6.07) is 5.82. The maximum Gasteiger partial charge on any atom is 0.138 e. The molecule has 1 aromatic rings. The van der Waals surface area contributed by atoms with E-state index in [4.69, 9.17) is 21.1 Å². The van der Waals surface area contributed by atoms with Crippen molar-refractivity contribution in [2.45, 2.75) is 26.7 Å². The minimum absolute atomic E-state index is 0.541. The number of piperidine rings is 1. The second-order valence-electron chi connectivity index (χ2n) is 5.94. The number of nitrogens with zero attached hydrogens (tertiary/aromatic N) is 1. The fourth-order valence-electron chi connectivity index (χ4n) is 2.72. The Morgan fingerprint density at radius 3 is 2.90 bits per heavy atom. The minimum atomic E-state index is 0.541. The molecular formula is C17H26ClNO2. The van der Waals surface area contributed by atoms with Crippen molar-refractivity contribution in [3.05, 3.63) is 28.8 Å². The van der Waals surface area contributed by atoms with Gasteiger partial charge < -0.3 is 14.4 Å². The topological polar surface area (TPSA) is 21.7 Å². The van der Waals surface area contributed by atoms with Gasteiger partial charge in [-0.1, -0.05) is 24.6 Å². The molecule has 3 nitrogen and oxygen atoms in total. The Balaban J connectivity index is 1.55. The molecule has 0 aromatic heterocycles. The number of aryl methyl sites for hydroxylation is 1. The number of hydrogen-bond donors (Lipinski definition) is 0. The molecule has 0 aliphatic carbocycles. The van der Waals surface area contributed by atoms with Crippen molar-refractivity contribution in [2.24, 2.45) is 5.92 Å². The zero-order valence-corrected chi connectivity index (χ0v) is 13.9. The number of ether oxygens (including phenoxy) is 2. The van der Waals surface area contributed by atoms with Gasteiger partial charge in [-0.3, -0.25) is 0 Å². The predicted molar refractivity (Wildman–Crippen MR) is 87.3 cm³/mol. The number of likely N-dealkylation sites (tertiary alicyclic amines) is 1. The number of halogens is 1. The highest BCUT2D eigenvalue weighted by molar-refractivity contribution is 6.32. The van der Waals surface area contributed by atoms with Crippen molar-refractivity contribution in [3.63, 3.8) is 0 Å². The van der Waals surface area contributed by atoms with E-state index in [0.29, 0.717) is 18.2 Å². The van der Waals surface area contributed by atoms with Crippen LogP contribution in [0.5, 0.6) is 5.75 Å². The number of rotatable bonds is 7. The summed E-state index contributed by atoms with van der Waals surface area (Å²) in [5.74, 6) is 1.56. The SMILES string of the molecule is Cc1ccc(OCCOCCN2CCC[C@H](C)C2)c(Cl)c1.